The topological polar surface area (TPSA) is 96.0 Å². The van der Waals surface area contributed by atoms with Crippen molar-refractivity contribution >= 4 is 31.4 Å². The van der Waals surface area contributed by atoms with Crippen LogP contribution >= 0.6 is 0 Å². The molecule has 35 heavy (non-hydrogen) atoms. The number of carbonyl (C=O) groups is 4. The zero-order valence-corrected chi connectivity index (χ0v) is 22.9. The summed E-state index contributed by atoms with van der Waals surface area (Å²) >= 11 is 0. The number of amides is 2. The molecule has 0 aromatic heterocycles. The first-order valence-electron chi connectivity index (χ1n) is 12.0. The van der Waals surface area contributed by atoms with Crippen LogP contribution in [0.3, 0.4) is 0 Å². The first-order valence-corrected chi connectivity index (χ1v) is 12.0. The van der Waals surface area contributed by atoms with Gasteiger partial charge in [0.25, 0.3) is 7.41 Å². The molecule has 0 fully saturated rings. The zero-order chi connectivity index (χ0) is 27.1. The molecule has 0 radical (unpaired) electrons. The second kappa shape index (κ2) is 12.3. The van der Waals surface area contributed by atoms with E-state index in [1.165, 1.54) is 12.0 Å². The van der Waals surface area contributed by atoms with Crippen LogP contribution in [-0.4, -0.2) is 80.4 Å². The van der Waals surface area contributed by atoms with Gasteiger partial charge in [0.05, 0.1) is 19.3 Å². The summed E-state index contributed by atoms with van der Waals surface area (Å²) in [5.41, 5.74) is -0.393. The van der Waals surface area contributed by atoms with E-state index in [0.717, 1.165) is 11.7 Å². The van der Waals surface area contributed by atoms with Crippen LogP contribution in [0.5, 0.6) is 0 Å². The maximum Gasteiger partial charge on any atom is 0.328 e. The first kappa shape index (κ1) is 30.4. The van der Waals surface area contributed by atoms with Gasteiger partial charge in [-0.25, -0.2) is 4.79 Å². The van der Waals surface area contributed by atoms with Crippen LogP contribution in [0.4, 0.5) is 0 Å². The number of carbonyl (C=O) groups excluding carboxylic acids is 4. The van der Waals surface area contributed by atoms with Crippen molar-refractivity contribution in [3.8, 4) is 0 Å². The van der Waals surface area contributed by atoms with Crippen LogP contribution in [0.15, 0.2) is 30.3 Å². The predicted molar refractivity (Wildman–Crippen MR) is 140 cm³/mol. The highest BCUT2D eigenvalue weighted by Gasteiger charge is 2.44. The number of hydrogen-bond donors (Lipinski definition) is 1. The number of esters is 1. The third-order valence-electron chi connectivity index (χ3n) is 6.49. The van der Waals surface area contributed by atoms with E-state index in [1.54, 1.807) is 18.9 Å². The molecule has 1 N–H and O–H groups in total. The Labute approximate surface area is 211 Å². The lowest BCUT2D eigenvalue weighted by atomic mass is 9.73. The van der Waals surface area contributed by atoms with Crippen LogP contribution in [0, 0.1) is 11.3 Å². The van der Waals surface area contributed by atoms with Crippen molar-refractivity contribution in [1.29, 1.82) is 0 Å². The molecule has 1 aromatic rings. The van der Waals surface area contributed by atoms with E-state index in [1.807, 2.05) is 78.8 Å². The minimum Gasteiger partial charge on any atom is -0.467 e. The molecule has 0 aliphatic carbocycles. The average Bonchev–Trinajstić information content (AvgIpc) is 2.76. The van der Waals surface area contributed by atoms with Gasteiger partial charge in [-0.2, -0.15) is 0 Å². The molecule has 194 valence electrons. The van der Waals surface area contributed by atoms with Crippen molar-refractivity contribution in [1.82, 2.24) is 15.0 Å². The monoisotopic (exact) mass is 487 g/mol. The number of rotatable bonds is 11. The first-order chi connectivity index (χ1) is 16.1. The SMILES string of the molecule is COC(=O)[C@H](C(C)C)N(C)C(=O)[C@@H](NC(=O)[C@H](N(C)BC=O)C(C)(C)c1ccccc1)C(C)(C)C. The molecule has 0 aliphatic rings. The Kier molecular flexibility index (Phi) is 10.7. The highest BCUT2D eigenvalue weighted by Crippen LogP contribution is 2.31. The highest BCUT2D eigenvalue weighted by molar-refractivity contribution is 6.64. The summed E-state index contributed by atoms with van der Waals surface area (Å²) in [6, 6.07) is 7.16. The maximum absolute atomic E-state index is 13.8. The number of nitrogens with one attached hydrogen (secondary N) is 1. The largest absolute Gasteiger partial charge is 0.467 e. The van der Waals surface area contributed by atoms with Gasteiger partial charge < -0.3 is 24.6 Å². The van der Waals surface area contributed by atoms with Gasteiger partial charge in [0, 0.05) is 12.5 Å². The second-order valence-electron chi connectivity index (χ2n) is 11.1. The fraction of sp³-hybridized carbons (Fsp3) is 0.615. The molecule has 3 atom stereocenters. The maximum atomic E-state index is 13.8. The third-order valence-corrected chi connectivity index (χ3v) is 6.49. The Hall–Kier alpha value is -2.68. The Morgan fingerprint density at radius 1 is 1.03 bits per heavy atom. The minimum absolute atomic E-state index is 0.0557. The number of benzene rings is 1. The van der Waals surface area contributed by atoms with Gasteiger partial charge in [0.15, 0.2) is 0 Å². The molecule has 0 spiro atoms. The van der Waals surface area contributed by atoms with Crippen molar-refractivity contribution < 1.29 is 23.9 Å². The van der Waals surface area contributed by atoms with Gasteiger partial charge >= 0.3 is 5.97 Å². The van der Waals surface area contributed by atoms with Gasteiger partial charge in [-0.1, -0.05) is 78.8 Å². The van der Waals surface area contributed by atoms with E-state index >= 15 is 0 Å². The zero-order valence-electron chi connectivity index (χ0n) is 22.9. The summed E-state index contributed by atoms with van der Waals surface area (Å²) < 4.78 is 4.92. The molecule has 9 heteroatoms. The van der Waals surface area contributed by atoms with Gasteiger partial charge in [-0.3, -0.25) is 9.59 Å². The smallest absolute Gasteiger partial charge is 0.328 e. The number of methoxy groups -OCH3 is 1. The Balaban J connectivity index is 3.42. The quantitative estimate of drug-likeness (QED) is 0.292. The highest BCUT2D eigenvalue weighted by atomic mass is 16.5. The Morgan fingerprint density at radius 2 is 1.57 bits per heavy atom. The van der Waals surface area contributed by atoms with Crippen LogP contribution in [0.1, 0.15) is 54.0 Å². The minimum atomic E-state index is -0.912. The molecule has 0 heterocycles. The summed E-state index contributed by atoms with van der Waals surface area (Å²) in [6.07, 6.45) is 0.755. The molecular formula is C26H42BN3O5. The lowest BCUT2D eigenvalue weighted by Gasteiger charge is -2.42. The molecule has 0 unspecified atom stereocenters. The second-order valence-corrected chi connectivity index (χ2v) is 11.1. The molecule has 0 saturated heterocycles. The summed E-state index contributed by atoms with van der Waals surface area (Å²) in [4.78, 5) is 54.3. The van der Waals surface area contributed by atoms with Crippen molar-refractivity contribution in [3.63, 3.8) is 0 Å². The third kappa shape index (κ3) is 7.40. The van der Waals surface area contributed by atoms with E-state index in [2.05, 4.69) is 5.32 Å². The van der Waals surface area contributed by atoms with E-state index in [9.17, 15) is 19.2 Å². The molecule has 0 saturated carbocycles. The molecule has 0 aliphatic heterocycles. The van der Waals surface area contributed by atoms with E-state index in [4.69, 9.17) is 4.74 Å². The summed E-state index contributed by atoms with van der Waals surface area (Å²) in [5.74, 6) is -1.45. The fourth-order valence-electron chi connectivity index (χ4n) is 4.54. The number of likely N-dealkylation sites (N-methyl/N-ethyl adjacent to an activating group) is 2. The Bertz CT molecular complexity index is 883. The van der Waals surface area contributed by atoms with E-state index in [-0.39, 0.29) is 25.1 Å². The standard InChI is InChI=1S/C26H42BN3O5/c1-17(2)19(24(34)35-10)29(8)23(33)20(25(3,4)5)28-22(32)21(30(9)27-16-31)26(6,7)18-14-12-11-13-15-18/h11-17,19-21,27H,1-10H3,(H,28,32)/t19-,20+,21-/m0/s1. The van der Waals surface area contributed by atoms with E-state index in [0.29, 0.717) is 0 Å². The lowest BCUT2D eigenvalue weighted by molar-refractivity contribution is -0.155. The lowest BCUT2D eigenvalue weighted by Crippen LogP contribution is -2.63. The van der Waals surface area contributed by atoms with Crippen LogP contribution in [0.2, 0.25) is 0 Å². The van der Waals surface area contributed by atoms with Crippen LogP contribution in [0.25, 0.3) is 0 Å². The molecule has 2 amide bonds. The normalized spacial score (nSPS) is 14.6. The summed E-state index contributed by atoms with van der Waals surface area (Å²) in [7, 11) is 4.62. The molecule has 8 nitrogen and oxygen atoms in total. The average molecular weight is 487 g/mol. The van der Waals surface area contributed by atoms with Gasteiger partial charge in [0.2, 0.25) is 11.8 Å². The number of ether oxygens (including phenoxy) is 1. The summed E-state index contributed by atoms with van der Waals surface area (Å²) in [5, 5.41) is 2.96. The molecule has 1 aromatic carbocycles. The van der Waals surface area contributed by atoms with Gasteiger partial charge in [-0.15, -0.1) is 0 Å². The predicted octanol–water partition coefficient (Wildman–Crippen LogP) is 1.99. The van der Waals surface area contributed by atoms with Crippen molar-refractivity contribution in [2.45, 2.75) is 72.0 Å². The Morgan fingerprint density at radius 3 is 2.00 bits per heavy atom. The summed E-state index contributed by atoms with van der Waals surface area (Å²) in [6.45, 7) is 13.1. The number of hydrogen-bond acceptors (Lipinski definition) is 6. The number of nitrogens with zero attached hydrogens (tertiary/aromatic N) is 2. The molecular weight excluding hydrogens is 445 g/mol. The van der Waals surface area contributed by atoms with Gasteiger partial charge in [-0.05, 0) is 23.9 Å². The molecule has 0 bridgehead atoms. The van der Waals surface area contributed by atoms with Crippen molar-refractivity contribution in [3.05, 3.63) is 35.9 Å². The van der Waals surface area contributed by atoms with E-state index < -0.39 is 34.9 Å². The van der Waals surface area contributed by atoms with Crippen molar-refractivity contribution in [2.24, 2.45) is 11.3 Å². The molecule has 1 rings (SSSR count). The van der Waals surface area contributed by atoms with Gasteiger partial charge in [0.1, 0.15) is 12.1 Å². The fourth-order valence-corrected chi connectivity index (χ4v) is 4.54. The van der Waals surface area contributed by atoms with Crippen LogP contribution in [-0.2, 0) is 29.3 Å². The van der Waals surface area contributed by atoms with Crippen molar-refractivity contribution in [2.75, 3.05) is 21.2 Å². The van der Waals surface area contributed by atoms with Crippen LogP contribution < -0.4 is 5.32 Å².